The fraction of sp³-hybridized carbons (Fsp3) is 0.611. The van der Waals surface area contributed by atoms with Gasteiger partial charge < -0.3 is 24.8 Å². The van der Waals surface area contributed by atoms with E-state index in [1.54, 1.807) is 4.90 Å². The van der Waals surface area contributed by atoms with Gasteiger partial charge in [0.2, 0.25) is 0 Å². The van der Waals surface area contributed by atoms with Crippen LogP contribution in [0.2, 0.25) is 0 Å². The van der Waals surface area contributed by atoms with Crippen LogP contribution in [0.5, 0.6) is 5.75 Å². The Bertz CT molecular complexity index is 572. The molecule has 1 aromatic rings. The lowest BCUT2D eigenvalue weighted by Gasteiger charge is -2.32. The van der Waals surface area contributed by atoms with Crippen molar-refractivity contribution in [2.45, 2.75) is 44.4 Å². The van der Waals surface area contributed by atoms with Crippen molar-refractivity contribution in [1.29, 1.82) is 0 Å². The molecule has 2 heterocycles. The van der Waals surface area contributed by atoms with Gasteiger partial charge in [0, 0.05) is 25.3 Å². The highest BCUT2D eigenvalue weighted by molar-refractivity contribution is 5.74. The fourth-order valence-electron chi connectivity index (χ4n) is 3.25. The highest BCUT2D eigenvalue weighted by Crippen LogP contribution is 2.25. The van der Waals surface area contributed by atoms with Crippen molar-refractivity contribution in [2.24, 2.45) is 0 Å². The molecule has 0 aliphatic carbocycles. The van der Waals surface area contributed by atoms with E-state index in [4.69, 9.17) is 9.47 Å². The highest BCUT2D eigenvalue weighted by Gasteiger charge is 2.30. The van der Waals surface area contributed by atoms with Gasteiger partial charge in [0.1, 0.15) is 11.9 Å². The molecule has 1 saturated heterocycles. The van der Waals surface area contributed by atoms with Gasteiger partial charge in [0.15, 0.2) is 0 Å². The predicted molar refractivity (Wildman–Crippen MR) is 90.0 cm³/mol. The lowest BCUT2D eigenvalue weighted by molar-refractivity contribution is -0.0670. The Morgan fingerprint density at radius 2 is 2.12 bits per heavy atom. The molecule has 24 heavy (non-hydrogen) atoms. The van der Waals surface area contributed by atoms with Crippen molar-refractivity contribution >= 4 is 6.03 Å². The van der Waals surface area contributed by atoms with E-state index < -0.39 is 5.60 Å². The Kier molecular flexibility index (Phi) is 5.26. The molecule has 1 atom stereocenters. The molecule has 1 fully saturated rings. The topological polar surface area (TPSA) is 71.0 Å². The summed E-state index contributed by atoms with van der Waals surface area (Å²) in [5.41, 5.74) is 0.299. The number of hydrogen-bond acceptors (Lipinski definition) is 4. The van der Waals surface area contributed by atoms with Crippen LogP contribution in [0.3, 0.4) is 0 Å². The first-order valence-corrected chi connectivity index (χ1v) is 8.63. The van der Waals surface area contributed by atoms with Crippen LogP contribution in [-0.4, -0.2) is 54.0 Å². The first kappa shape index (κ1) is 17.0. The number of carbonyl (C=O) groups excluding carboxylic acids is 1. The van der Waals surface area contributed by atoms with E-state index in [1.165, 1.54) is 0 Å². The summed E-state index contributed by atoms with van der Waals surface area (Å²) in [5, 5.41) is 13.4. The van der Waals surface area contributed by atoms with E-state index in [9.17, 15) is 9.90 Å². The number of urea groups is 1. The molecule has 0 radical (unpaired) electrons. The molecule has 3 rings (SSSR count). The van der Waals surface area contributed by atoms with Gasteiger partial charge in [0.25, 0.3) is 0 Å². The summed E-state index contributed by atoms with van der Waals surface area (Å²) in [6.07, 6.45) is 1.76. The summed E-state index contributed by atoms with van der Waals surface area (Å²) in [7, 11) is 0. The summed E-state index contributed by atoms with van der Waals surface area (Å²) in [5.74, 6) is 0.844. The zero-order valence-electron chi connectivity index (χ0n) is 14.2. The summed E-state index contributed by atoms with van der Waals surface area (Å²) < 4.78 is 11.2. The van der Waals surface area contributed by atoms with E-state index in [1.807, 2.05) is 31.2 Å². The quantitative estimate of drug-likeness (QED) is 0.886. The van der Waals surface area contributed by atoms with Crippen molar-refractivity contribution in [2.75, 3.05) is 26.3 Å². The number of fused-ring (bicyclic) bond motifs is 1. The van der Waals surface area contributed by atoms with Crippen LogP contribution in [0.15, 0.2) is 24.3 Å². The summed E-state index contributed by atoms with van der Waals surface area (Å²) in [6.45, 7) is 4.67. The Morgan fingerprint density at radius 3 is 2.92 bits per heavy atom. The van der Waals surface area contributed by atoms with Gasteiger partial charge in [-0.1, -0.05) is 18.2 Å². The van der Waals surface area contributed by atoms with Crippen LogP contribution >= 0.6 is 0 Å². The van der Waals surface area contributed by atoms with Crippen molar-refractivity contribution in [1.82, 2.24) is 10.2 Å². The molecule has 0 bridgehead atoms. The minimum absolute atomic E-state index is 0.0564. The first-order chi connectivity index (χ1) is 11.6. The zero-order chi connectivity index (χ0) is 17.0. The molecule has 6 nitrogen and oxygen atoms in total. The maximum Gasteiger partial charge on any atom is 0.317 e. The van der Waals surface area contributed by atoms with Crippen LogP contribution in [0, 0.1) is 0 Å². The Morgan fingerprint density at radius 1 is 1.38 bits per heavy atom. The molecule has 6 heteroatoms. The SMILES string of the molecule is CC1CN(C(=O)NCCC2(O)CCOCC2)Cc2ccccc2O1. The summed E-state index contributed by atoms with van der Waals surface area (Å²) in [6, 6.07) is 7.70. The number of rotatable bonds is 3. The van der Waals surface area contributed by atoms with Crippen LogP contribution in [0.1, 0.15) is 31.7 Å². The van der Waals surface area contributed by atoms with Gasteiger partial charge in [-0.05, 0) is 32.3 Å². The van der Waals surface area contributed by atoms with E-state index >= 15 is 0 Å². The second-order valence-corrected chi connectivity index (χ2v) is 6.74. The highest BCUT2D eigenvalue weighted by atomic mass is 16.5. The van der Waals surface area contributed by atoms with E-state index in [-0.39, 0.29) is 12.1 Å². The molecular weight excluding hydrogens is 308 g/mol. The minimum Gasteiger partial charge on any atom is -0.489 e. The Balaban J connectivity index is 1.54. The third-order valence-electron chi connectivity index (χ3n) is 4.72. The largest absolute Gasteiger partial charge is 0.489 e. The average molecular weight is 334 g/mol. The number of nitrogens with zero attached hydrogens (tertiary/aromatic N) is 1. The van der Waals surface area contributed by atoms with Gasteiger partial charge in [-0.15, -0.1) is 0 Å². The van der Waals surface area contributed by atoms with E-state index in [2.05, 4.69) is 5.32 Å². The maximum absolute atomic E-state index is 12.5. The Labute approximate surface area is 142 Å². The zero-order valence-corrected chi connectivity index (χ0v) is 14.2. The van der Waals surface area contributed by atoms with Crippen LogP contribution in [0.25, 0.3) is 0 Å². The second-order valence-electron chi connectivity index (χ2n) is 6.74. The first-order valence-electron chi connectivity index (χ1n) is 8.63. The van der Waals surface area contributed by atoms with Crippen LogP contribution in [0.4, 0.5) is 4.79 Å². The van der Waals surface area contributed by atoms with Crippen LogP contribution < -0.4 is 10.1 Å². The lowest BCUT2D eigenvalue weighted by atomic mass is 9.91. The second kappa shape index (κ2) is 7.40. The molecule has 1 aromatic carbocycles. The van der Waals surface area contributed by atoms with Gasteiger partial charge in [-0.25, -0.2) is 4.79 Å². The summed E-state index contributed by atoms with van der Waals surface area (Å²) in [4.78, 5) is 14.3. The number of aliphatic hydroxyl groups is 1. The average Bonchev–Trinajstić information content (AvgIpc) is 2.73. The monoisotopic (exact) mass is 334 g/mol. The lowest BCUT2D eigenvalue weighted by Crippen LogP contribution is -2.45. The molecule has 1 unspecified atom stereocenters. The number of nitrogens with one attached hydrogen (secondary N) is 1. The number of benzene rings is 1. The standard InChI is InChI=1S/C18H26N2O4/c1-14-12-20(13-15-4-2-3-5-16(15)24-14)17(21)19-9-6-18(22)7-10-23-11-8-18/h2-5,14,22H,6-13H2,1H3,(H,19,21). The van der Waals surface area contributed by atoms with Gasteiger partial charge in [0.05, 0.1) is 18.7 Å². The van der Waals surface area contributed by atoms with Crippen molar-refractivity contribution < 1.29 is 19.4 Å². The number of amides is 2. The predicted octanol–water partition coefficient (Wildman–Crippen LogP) is 1.91. The summed E-state index contributed by atoms with van der Waals surface area (Å²) >= 11 is 0. The fourth-order valence-corrected chi connectivity index (χ4v) is 3.25. The molecule has 2 aliphatic heterocycles. The van der Waals surface area contributed by atoms with Crippen molar-refractivity contribution in [3.05, 3.63) is 29.8 Å². The molecule has 2 N–H and O–H groups in total. The third kappa shape index (κ3) is 4.19. The van der Waals surface area contributed by atoms with Gasteiger partial charge >= 0.3 is 6.03 Å². The number of hydrogen-bond donors (Lipinski definition) is 2. The molecule has 132 valence electrons. The number of para-hydroxylation sites is 1. The van der Waals surface area contributed by atoms with Crippen LogP contribution in [-0.2, 0) is 11.3 Å². The molecule has 0 saturated carbocycles. The molecule has 0 spiro atoms. The van der Waals surface area contributed by atoms with E-state index in [0.717, 1.165) is 11.3 Å². The van der Waals surface area contributed by atoms with Gasteiger partial charge in [-0.2, -0.15) is 0 Å². The van der Waals surface area contributed by atoms with Crippen molar-refractivity contribution in [3.8, 4) is 5.75 Å². The maximum atomic E-state index is 12.5. The minimum atomic E-state index is -0.715. The smallest absolute Gasteiger partial charge is 0.317 e. The van der Waals surface area contributed by atoms with E-state index in [0.29, 0.717) is 52.1 Å². The normalized spacial score (nSPS) is 22.9. The Hall–Kier alpha value is -1.79. The third-order valence-corrected chi connectivity index (χ3v) is 4.72. The molecule has 2 aliphatic rings. The molecular formula is C18H26N2O4. The van der Waals surface area contributed by atoms with Crippen molar-refractivity contribution in [3.63, 3.8) is 0 Å². The van der Waals surface area contributed by atoms with Gasteiger partial charge in [-0.3, -0.25) is 0 Å². The molecule has 2 amide bonds. The number of ether oxygens (including phenoxy) is 2. The molecule has 0 aromatic heterocycles. The number of carbonyl (C=O) groups is 1.